The lowest BCUT2D eigenvalue weighted by Crippen LogP contribution is -2.49. The Kier molecular flexibility index (Phi) is 3.43. The summed E-state index contributed by atoms with van der Waals surface area (Å²) in [6.45, 7) is 5.62. The first-order chi connectivity index (χ1) is 12.5. The molecule has 1 aromatic heterocycles. The molecule has 6 nitrogen and oxygen atoms in total. The Morgan fingerprint density at radius 1 is 1.19 bits per heavy atom. The number of rotatable bonds is 1. The van der Waals surface area contributed by atoms with Crippen LogP contribution in [-0.2, 0) is 4.79 Å². The van der Waals surface area contributed by atoms with E-state index in [9.17, 15) is 4.79 Å². The van der Waals surface area contributed by atoms with Crippen LogP contribution in [0.4, 0.5) is 0 Å². The molecule has 5 atom stereocenters. The average Bonchev–Trinajstić information content (AvgIpc) is 3.20. The Labute approximate surface area is 154 Å². The summed E-state index contributed by atoms with van der Waals surface area (Å²) in [7, 11) is 0. The lowest BCUT2D eigenvalue weighted by Gasteiger charge is -2.56. The standard InChI is InChI=1S/C20H27N5O/c1-19-9-10-21-18(26)11-13(19)3-4-14-15-5-6-17(25-23-12-22-24-25)20(15,2)8-7-16(14)19/h6,11-12,14-16H,3-5,7-10H2,1-2H3,(H,21,26)/t14-,15-,16-,19-,20-/m0/s1. The number of hydrogen-bond acceptors (Lipinski definition) is 4. The molecule has 4 aliphatic rings. The fourth-order valence-corrected chi connectivity index (χ4v) is 6.70. The van der Waals surface area contributed by atoms with Gasteiger partial charge in [0, 0.05) is 18.0 Å². The van der Waals surface area contributed by atoms with Crippen LogP contribution in [-0.4, -0.2) is 32.7 Å². The zero-order valence-electron chi connectivity index (χ0n) is 15.6. The highest BCUT2D eigenvalue weighted by molar-refractivity contribution is 5.88. The van der Waals surface area contributed by atoms with Crippen molar-refractivity contribution in [3.8, 4) is 0 Å². The number of allylic oxidation sites excluding steroid dienone is 3. The molecule has 3 aliphatic carbocycles. The van der Waals surface area contributed by atoms with Gasteiger partial charge in [0.2, 0.25) is 5.91 Å². The van der Waals surface area contributed by atoms with Gasteiger partial charge in [-0.05, 0) is 66.9 Å². The predicted octanol–water partition coefficient (Wildman–Crippen LogP) is 2.81. The van der Waals surface area contributed by atoms with Crippen LogP contribution in [0.1, 0.15) is 52.4 Å². The van der Waals surface area contributed by atoms with Gasteiger partial charge in [-0.25, -0.2) is 0 Å². The summed E-state index contributed by atoms with van der Waals surface area (Å²) < 4.78 is 0. The zero-order chi connectivity index (χ0) is 17.9. The smallest absolute Gasteiger partial charge is 0.243 e. The molecule has 0 bridgehead atoms. The van der Waals surface area contributed by atoms with E-state index < -0.39 is 0 Å². The monoisotopic (exact) mass is 353 g/mol. The summed E-state index contributed by atoms with van der Waals surface area (Å²) in [5.41, 5.74) is 2.93. The molecule has 26 heavy (non-hydrogen) atoms. The van der Waals surface area contributed by atoms with Gasteiger partial charge in [0.1, 0.15) is 0 Å². The second kappa shape index (κ2) is 5.51. The van der Waals surface area contributed by atoms with E-state index in [4.69, 9.17) is 0 Å². The van der Waals surface area contributed by atoms with Gasteiger partial charge < -0.3 is 5.32 Å². The van der Waals surface area contributed by atoms with Crippen LogP contribution in [0.2, 0.25) is 0 Å². The van der Waals surface area contributed by atoms with Crippen molar-refractivity contribution in [2.24, 2.45) is 28.6 Å². The van der Waals surface area contributed by atoms with Gasteiger partial charge >= 0.3 is 0 Å². The SMILES string of the molecule is C[C@]12CCNC(=O)C=C1CC[C@@H]1[C@@H]2CC[C@]2(C)C(n3ncnn3)=CC[C@@H]12. The minimum Gasteiger partial charge on any atom is -0.353 e. The summed E-state index contributed by atoms with van der Waals surface area (Å²) in [6.07, 6.45) is 12.6. The molecule has 1 amide bonds. The van der Waals surface area contributed by atoms with Crippen LogP contribution in [0.15, 0.2) is 24.1 Å². The number of nitrogens with zero attached hydrogens (tertiary/aromatic N) is 4. The van der Waals surface area contributed by atoms with E-state index in [-0.39, 0.29) is 16.7 Å². The van der Waals surface area contributed by atoms with Crippen molar-refractivity contribution in [2.75, 3.05) is 6.54 Å². The van der Waals surface area contributed by atoms with Crippen molar-refractivity contribution in [1.82, 2.24) is 25.5 Å². The average molecular weight is 353 g/mol. The zero-order valence-corrected chi connectivity index (χ0v) is 15.6. The first-order valence-electron chi connectivity index (χ1n) is 9.95. The van der Waals surface area contributed by atoms with E-state index in [1.54, 1.807) is 4.80 Å². The van der Waals surface area contributed by atoms with Crippen molar-refractivity contribution in [2.45, 2.75) is 52.4 Å². The van der Waals surface area contributed by atoms with Crippen molar-refractivity contribution in [3.05, 3.63) is 24.1 Å². The Morgan fingerprint density at radius 3 is 2.88 bits per heavy atom. The molecule has 0 saturated heterocycles. The summed E-state index contributed by atoms with van der Waals surface area (Å²) >= 11 is 0. The number of tetrazole rings is 1. The predicted molar refractivity (Wildman–Crippen MR) is 97.6 cm³/mol. The maximum Gasteiger partial charge on any atom is 0.243 e. The third-order valence-electron chi connectivity index (χ3n) is 8.09. The fourth-order valence-electron chi connectivity index (χ4n) is 6.70. The maximum atomic E-state index is 12.0. The molecular formula is C20H27N5O. The van der Waals surface area contributed by atoms with Gasteiger partial charge in [-0.2, -0.15) is 0 Å². The van der Waals surface area contributed by atoms with Crippen LogP contribution in [0.3, 0.4) is 0 Å². The molecule has 138 valence electrons. The van der Waals surface area contributed by atoms with Crippen molar-refractivity contribution in [1.29, 1.82) is 0 Å². The highest BCUT2D eigenvalue weighted by Crippen LogP contribution is 2.65. The second-order valence-corrected chi connectivity index (χ2v) is 9.05. The molecule has 5 rings (SSSR count). The summed E-state index contributed by atoms with van der Waals surface area (Å²) in [6, 6.07) is 0. The van der Waals surface area contributed by atoms with Crippen molar-refractivity contribution >= 4 is 11.6 Å². The van der Waals surface area contributed by atoms with Crippen LogP contribution in [0.25, 0.3) is 5.70 Å². The molecule has 0 spiro atoms. The molecular weight excluding hydrogens is 326 g/mol. The maximum absolute atomic E-state index is 12.0. The lowest BCUT2D eigenvalue weighted by molar-refractivity contribution is -0.116. The number of carbonyl (C=O) groups is 1. The summed E-state index contributed by atoms with van der Waals surface area (Å²) in [5.74, 6) is 2.13. The Morgan fingerprint density at radius 2 is 2.08 bits per heavy atom. The van der Waals surface area contributed by atoms with E-state index in [2.05, 4.69) is 40.7 Å². The molecule has 2 fully saturated rings. The molecule has 2 saturated carbocycles. The lowest BCUT2D eigenvalue weighted by atomic mass is 9.48. The van der Waals surface area contributed by atoms with Gasteiger partial charge in [-0.15, -0.1) is 15.0 Å². The van der Waals surface area contributed by atoms with E-state index in [1.165, 1.54) is 30.4 Å². The Hall–Kier alpha value is -1.98. The minimum absolute atomic E-state index is 0.102. The van der Waals surface area contributed by atoms with Crippen molar-refractivity contribution in [3.63, 3.8) is 0 Å². The molecule has 0 unspecified atom stereocenters. The third kappa shape index (κ3) is 2.10. The number of carbonyl (C=O) groups excluding carboxylic acids is 1. The molecule has 1 N–H and O–H groups in total. The van der Waals surface area contributed by atoms with E-state index in [0.29, 0.717) is 17.8 Å². The minimum atomic E-state index is 0.102. The van der Waals surface area contributed by atoms with E-state index in [1.807, 2.05) is 6.08 Å². The molecule has 0 aromatic carbocycles. The molecule has 2 heterocycles. The highest BCUT2D eigenvalue weighted by atomic mass is 16.1. The molecule has 6 heteroatoms. The Bertz CT molecular complexity index is 797. The summed E-state index contributed by atoms with van der Waals surface area (Å²) in [4.78, 5) is 13.8. The number of amides is 1. The number of hydrogen-bond donors (Lipinski definition) is 1. The van der Waals surface area contributed by atoms with E-state index >= 15 is 0 Å². The topological polar surface area (TPSA) is 72.7 Å². The van der Waals surface area contributed by atoms with Gasteiger partial charge in [-0.3, -0.25) is 4.79 Å². The van der Waals surface area contributed by atoms with Crippen LogP contribution in [0.5, 0.6) is 0 Å². The number of fused-ring (bicyclic) bond motifs is 5. The Balaban J connectivity index is 1.48. The van der Waals surface area contributed by atoms with E-state index in [0.717, 1.165) is 32.2 Å². The van der Waals surface area contributed by atoms with Gasteiger partial charge in [-0.1, -0.05) is 25.5 Å². The highest BCUT2D eigenvalue weighted by Gasteiger charge is 2.57. The first-order valence-corrected chi connectivity index (χ1v) is 9.95. The summed E-state index contributed by atoms with van der Waals surface area (Å²) in [5, 5.41) is 15.4. The molecule has 1 aliphatic heterocycles. The number of aromatic nitrogens is 4. The third-order valence-corrected chi connectivity index (χ3v) is 8.09. The largest absolute Gasteiger partial charge is 0.353 e. The van der Waals surface area contributed by atoms with Gasteiger partial charge in [0.05, 0.1) is 5.70 Å². The number of nitrogens with one attached hydrogen (secondary N) is 1. The molecule has 1 aromatic rings. The fraction of sp³-hybridized carbons (Fsp3) is 0.700. The second-order valence-electron chi connectivity index (χ2n) is 9.05. The van der Waals surface area contributed by atoms with Crippen LogP contribution in [0, 0.1) is 28.6 Å². The van der Waals surface area contributed by atoms with Gasteiger partial charge in [0.15, 0.2) is 6.33 Å². The van der Waals surface area contributed by atoms with Crippen molar-refractivity contribution < 1.29 is 4.79 Å². The normalized spacial score (nSPS) is 41.9. The quantitative estimate of drug-likeness (QED) is 0.843. The van der Waals surface area contributed by atoms with Gasteiger partial charge in [0.25, 0.3) is 0 Å². The molecule has 0 radical (unpaired) electrons. The van der Waals surface area contributed by atoms with Crippen LogP contribution >= 0.6 is 0 Å². The first kappa shape index (κ1) is 16.2. The van der Waals surface area contributed by atoms with Crippen LogP contribution < -0.4 is 5.32 Å².